The van der Waals surface area contributed by atoms with E-state index in [1.54, 1.807) is 19.1 Å². The fourth-order valence-corrected chi connectivity index (χ4v) is 2.79. The van der Waals surface area contributed by atoms with E-state index >= 15 is 0 Å². The molecule has 1 heterocycles. The maximum atomic E-state index is 11.4. The van der Waals surface area contributed by atoms with Gasteiger partial charge in [0, 0.05) is 17.1 Å². The highest BCUT2D eigenvalue weighted by atomic mass is 35.5. The van der Waals surface area contributed by atoms with Crippen LogP contribution in [0.15, 0.2) is 18.2 Å². The van der Waals surface area contributed by atoms with E-state index in [4.69, 9.17) is 17.3 Å². The third-order valence-electron chi connectivity index (χ3n) is 3.95. The summed E-state index contributed by atoms with van der Waals surface area (Å²) in [5, 5.41) is 9.80. The summed E-state index contributed by atoms with van der Waals surface area (Å²) < 4.78 is 0. The normalized spacial score (nSPS) is 22.9. The molecule has 20 heavy (non-hydrogen) atoms. The molecule has 1 aromatic carbocycles. The third kappa shape index (κ3) is 2.64. The van der Waals surface area contributed by atoms with Crippen LogP contribution in [0, 0.1) is 0 Å². The lowest BCUT2D eigenvalue weighted by molar-refractivity contribution is -0.148. The number of likely N-dealkylation sites (tertiary alicyclic amines) is 1. The van der Waals surface area contributed by atoms with Crippen LogP contribution in [-0.4, -0.2) is 34.0 Å². The van der Waals surface area contributed by atoms with Gasteiger partial charge in [0.25, 0.3) is 0 Å². The van der Waals surface area contributed by atoms with Gasteiger partial charge in [-0.05, 0) is 44.0 Å². The molecular formula is C14H17ClN2O3. The van der Waals surface area contributed by atoms with Gasteiger partial charge in [0.1, 0.15) is 5.54 Å². The van der Waals surface area contributed by atoms with Gasteiger partial charge in [0.15, 0.2) is 0 Å². The molecule has 1 aliphatic rings. The van der Waals surface area contributed by atoms with E-state index < -0.39 is 17.4 Å². The fourth-order valence-electron chi connectivity index (χ4n) is 2.55. The summed E-state index contributed by atoms with van der Waals surface area (Å²) in [6.07, 6.45) is 1.47. The van der Waals surface area contributed by atoms with Gasteiger partial charge in [-0.15, -0.1) is 0 Å². The minimum absolute atomic E-state index is 0.348. The standard InChI is InChI=1S/C14H17ClN2O3/c1-14(13(19)20)5-2-6-17(14)8-10-4-3-9(12(16)18)7-11(10)15/h3-4,7H,2,5-6,8H2,1H3,(H2,16,18)(H,19,20). The number of amides is 1. The van der Waals surface area contributed by atoms with Gasteiger partial charge in [0.05, 0.1) is 0 Å². The molecule has 1 atom stereocenters. The Morgan fingerprint density at radius 2 is 2.20 bits per heavy atom. The number of halogens is 1. The predicted molar refractivity (Wildman–Crippen MR) is 75.7 cm³/mol. The quantitative estimate of drug-likeness (QED) is 0.888. The smallest absolute Gasteiger partial charge is 0.323 e. The highest BCUT2D eigenvalue weighted by Gasteiger charge is 2.43. The first-order valence-electron chi connectivity index (χ1n) is 6.41. The van der Waals surface area contributed by atoms with E-state index in [1.165, 1.54) is 6.07 Å². The number of primary amides is 1. The van der Waals surface area contributed by atoms with E-state index in [2.05, 4.69) is 0 Å². The van der Waals surface area contributed by atoms with Crippen molar-refractivity contribution in [2.45, 2.75) is 31.8 Å². The molecule has 3 N–H and O–H groups in total. The number of benzene rings is 1. The molecule has 0 bridgehead atoms. The van der Waals surface area contributed by atoms with Gasteiger partial charge in [-0.2, -0.15) is 0 Å². The molecule has 0 spiro atoms. The second-order valence-corrected chi connectivity index (χ2v) is 5.68. The zero-order chi connectivity index (χ0) is 14.9. The maximum absolute atomic E-state index is 11.4. The van der Waals surface area contributed by atoms with Crippen molar-refractivity contribution in [2.24, 2.45) is 5.73 Å². The molecule has 6 heteroatoms. The van der Waals surface area contributed by atoms with Crippen molar-refractivity contribution < 1.29 is 14.7 Å². The van der Waals surface area contributed by atoms with Gasteiger partial charge in [-0.25, -0.2) is 0 Å². The number of carboxylic acids is 1. The monoisotopic (exact) mass is 296 g/mol. The molecule has 1 amide bonds. The topological polar surface area (TPSA) is 83.6 Å². The summed E-state index contributed by atoms with van der Waals surface area (Å²) in [6, 6.07) is 4.86. The van der Waals surface area contributed by atoms with Gasteiger partial charge >= 0.3 is 5.97 Å². The Hall–Kier alpha value is -1.59. The van der Waals surface area contributed by atoms with Gasteiger partial charge in [-0.3, -0.25) is 14.5 Å². The molecule has 5 nitrogen and oxygen atoms in total. The molecular weight excluding hydrogens is 280 g/mol. The highest BCUT2D eigenvalue weighted by Crippen LogP contribution is 2.32. The lowest BCUT2D eigenvalue weighted by Crippen LogP contribution is -2.47. The summed E-state index contributed by atoms with van der Waals surface area (Å²) in [6.45, 7) is 2.89. The molecule has 2 rings (SSSR count). The average Bonchev–Trinajstić information content (AvgIpc) is 2.74. The van der Waals surface area contributed by atoms with Crippen molar-refractivity contribution >= 4 is 23.5 Å². The van der Waals surface area contributed by atoms with Crippen LogP contribution in [0.2, 0.25) is 5.02 Å². The minimum atomic E-state index is -0.855. The Morgan fingerprint density at radius 3 is 2.75 bits per heavy atom. The number of rotatable bonds is 4. The highest BCUT2D eigenvalue weighted by molar-refractivity contribution is 6.31. The van der Waals surface area contributed by atoms with Crippen molar-refractivity contribution in [2.75, 3.05) is 6.54 Å². The van der Waals surface area contributed by atoms with Crippen LogP contribution in [0.1, 0.15) is 35.7 Å². The SMILES string of the molecule is CC1(C(=O)O)CCCN1Cc1ccc(C(N)=O)cc1Cl. The molecule has 1 aliphatic heterocycles. The molecule has 0 aromatic heterocycles. The first kappa shape index (κ1) is 14.8. The molecule has 1 fully saturated rings. The summed E-state index contributed by atoms with van der Waals surface area (Å²) in [4.78, 5) is 24.4. The number of aliphatic carboxylic acids is 1. The fraction of sp³-hybridized carbons (Fsp3) is 0.429. The Morgan fingerprint density at radius 1 is 1.50 bits per heavy atom. The molecule has 1 aromatic rings. The van der Waals surface area contributed by atoms with E-state index in [9.17, 15) is 14.7 Å². The largest absolute Gasteiger partial charge is 0.480 e. The van der Waals surface area contributed by atoms with E-state index in [-0.39, 0.29) is 0 Å². The maximum Gasteiger partial charge on any atom is 0.323 e. The molecule has 1 unspecified atom stereocenters. The average molecular weight is 297 g/mol. The number of hydrogen-bond donors (Lipinski definition) is 2. The van der Waals surface area contributed by atoms with Gasteiger partial charge < -0.3 is 10.8 Å². The molecule has 1 saturated heterocycles. The van der Waals surface area contributed by atoms with Gasteiger partial charge in [0.2, 0.25) is 5.91 Å². The summed E-state index contributed by atoms with van der Waals surface area (Å²) >= 11 is 6.14. The Kier molecular flexibility index (Phi) is 4.01. The predicted octanol–water partition coefficient (Wildman–Crippen LogP) is 1.88. The summed E-state index contributed by atoms with van der Waals surface area (Å²) in [5.41, 5.74) is 5.48. The lowest BCUT2D eigenvalue weighted by Gasteiger charge is -2.31. The zero-order valence-electron chi connectivity index (χ0n) is 11.2. The summed E-state index contributed by atoms with van der Waals surface area (Å²) in [7, 11) is 0. The molecule has 0 saturated carbocycles. The Balaban J connectivity index is 2.22. The van der Waals surface area contributed by atoms with Crippen molar-refractivity contribution in [1.29, 1.82) is 0 Å². The lowest BCUT2D eigenvalue weighted by atomic mass is 9.98. The van der Waals surface area contributed by atoms with Crippen molar-refractivity contribution in [3.8, 4) is 0 Å². The van der Waals surface area contributed by atoms with Crippen LogP contribution in [-0.2, 0) is 11.3 Å². The van der Waals surface area contributed by atoms with E-state index in [0.717, 1.165) is 18.5 Å². The number of carbonyl (C=O) groups excluding carboxylic acids is 1. The molecule has 0 aliphatic carbocycles. The van der Waals surface area contributed by atoms with Crippen LogP contribution in [0.5, 0.6) is 0 Å². The first-order valence-corrected chi connectivity index (χ1v) is 6.79. The van der Waals surface area contributed by atoms with Crippen molar-refractivity contribution in [3.05, 3.63) is 34.3 Å². The Bertz CT molecular complexity index is 561. The van der Waals surface area contributed by atoms with Crippen molar-refractivity contribution in [3.63, 3.8) is 0 Å². The second-order valence-electron chi connectivity index (χ2n) is 5.27. The number of hydrogen-bond acceptors (Lipinski definition) is 3. The van der Waals surface area contributed by atoms with Crippen LogP contribution < -0.4 is 5.73 Å². The van der Waals surface area contributed by atoms with E-state index in [1.807, 2.05) is 4.90 Å². The number of carbonyl (C=O) groups is 2. The minimum Gasteiger partial charge on any atom is -0.480 e. The van der Waals surface area contributed by atoms with E-state index in [0.29, 0.717) is 23.6 Å². The number of nitrogens with zero attached hydrogens (tertiary/aromatic N) is 1. The van der Waals surface area contributed by atoms with Crippen LogP contribution in [0.25, 0.3) is 0 Å². The van der Waals surface area contributed by atoms with Crippen LogP contribution in [0.3, 0.4) is 0 Å². The Labute approximate surface area is 122 Å². The third-order valence-corrected chi connectivity index (χ3v) is 4.30. The molecule has 108 valence electrons. The molecule has 0 radical (unpaired) electrons. The second kappa shape index (κ2) is 5.42. The first-order chi connectivity index (χ1) is 9.34. The number of nitrogens with two attached hydrogens (primary N) is 1. The van der Waals surface area contributed by atoms with Gasteiger partial charge in [-0.1, -0.05) is 17.7 Å². The zero-order valence-corrected chi connectivity index (χ0v) is 12.0. The summed E-state index contributed by atoms with van der Waals surface area (Å²) in [5.74, 6) is -1.35. The number of carboxylic acid groups (broad SMARTS) is 1. The van der Waals surface area contributed by atoms with Crippen LogP contribution in [0.4, 0.5) is 0 Å². The van der Waals surface area contributed by atoms with Crippen molar-refractivity contribution in [1.82, 2.24) is 4.90 Å². The van der Waals surface area contributed by atoms with Crippen LogP contribution >= 0.6 is 11.6 Å².